The Labute approximate surface area is 104 Å². The summed E-state index contributed by atoms with van der Waals surface area (Å²) in [7, 11) is 0. The van der Waals surface area contributed by atoms with E-state index in [9.17, 15) is 0 Å². The first kappa shape index (κ1) is 10.4. The van der Waals surface area contributed by atoms with Crippen LogP contribution in [0.3, 0.4) is 0 Å². The lowest BCUT2D eigenvalue weighted by atomic mass is 10.3. The third kappa shape index (κ3) is 2.06. The number of nitrogens with two attached hydrogens (primary N) is 1. The van der Waals surface area contributed by atoms with Crippen LogP contribution in [0, 0.1) is 0 Å². The van der Waals surface area contributed by atoms with E-state index in [4.69, 9.17) is 18.0 Å². The lowest BCUT2D eigenvalue weighted by Crippen LogP contribution is -2.12. The largest absolute Gasteiger partial charge is 0.388 e. The quantitative estimate of drug-likeness (QED) is 0.836. The molecule has 0 unspecified atom stereocenters. The molecule has 0 spiro atoms. The Hall–Kier alpha value is -1.75. The van der Waals surface area contributed by atoms with E-state index < -0.39 is 0 Å². The number of nitrogens with zero attached hydrogens (tertiary/aromatic N) is 3. The van der Waals surface area contributed by atoms with Crippen molar-refractivity contribution in [1.82, 2.24) is 14.8 Å². The van der Waals surface area contributed by atoms with Gasteiger partial charge in [0.2, 0.25) is 0 Å². The predicted octanol–water partition coefficient (Wildman–Crippen LogP) is 1.78. The summed E-state index contributed by atoms with van der Waals surface area (Å²) in [6.07, 6.45) is 6.17. The van der Waals surface area contributed by atoms with Gasteiger partial charge >= 0.3 is 0 Å². The van der Waals surface area contributed by atoms with Crippen LogP contribution in [0.4, 0.5) is 0 Å². The fraction of sp³-hybridized carbons (Fsp3) is 0.250. The summed E-state index contributed by atoms with van der Waals surface area (Å²) < 4.78 is 1.84. The fourth-order valence-corrected chi connectivity index (χ4v) is 1.89. The minimum absolute atomic E-state index is 0.307. The van der Waals surface area contributed by atoms with Crippen LogP contribution in [0.2, 0.25) is 0 Å². The van der Waals surface area contributed by atoms with Crippen molar-refractivity contribution in [2.24, 2.45) is 5.73 Å². The summed E-state index contributed by atoms with van der Waals surface area (Å²) in [6, 6.07) is 5.82. The molecule has 2 N–H and O–H groups in total. The van der Waals surface area contributed by atoms with Crippen LogP contribution in [0.15, 0.2) is 30.6 Å². The van der Waals surface area contributed by atoms with Gasteiger partial charge in [0.1, 0.15) is 4.99 Å². The smallest absolute Gasteiger partial charge is 0.122 e. The average Bonchev–Trinajstić information content (AvgIpc) is 3.07. The maximum absolute atomic E-state index is 5.56. The molecule has 1 fully saturated rings. The van der Waals surface area contributed by atoms with Crippen LogP contribution in [0.25, 0.3) is 5.69 Å². The predicted molar refractivity (Wildman–Crippen MR) is 69.2 cm³/mol. The summed E-state index contributed by atoms with van der Waals surface area (Å²) in [5.41, 5.74) is 8.29. The van der Waals surface area contributed by atoms with Crippen molar-refractivity contribution in [3.63, 3.8) is 0 Å². The van der Waals surface area contributed by atoms with Crippen LogP contribution in [0.1, 0.15) is 30.1 Å². The summed E-state index contributed by atoms with van der Waals surface area (Å²) in [4.78, 5) is 4.42. The van der Waals surface area contributed by atoms with Gasteiger partial charge < -0.3 is 5.73 Å². The molecule has 0 radical (unpaired) electrons. The molecule has 86 valence electrons. The standard InChI is InChI=1S/C12H12N4S/c13-12(17)11-7-9(3-5-14-11)16-6-4-10(15-16)8-1-2-8/h3-8H,1-2H2,(H2,13,17). The Kier molecular flexibility index (Phi) is 2.40. The fourth-order valence-electron chi connectivity index (χ4n) is 1.78. The molecule has 4 nitrogen and oxygen atoms in total. The Morgan fingerprint density at radius 3 is 2.94 bits per heavy atom. The normalized spacial score (nSPS) is 14.8. The van der Waals surface area contributed by atoms with Gasteiger partial charge in [-0.2, -0.15) is 5.10 Å². The molecule has 5 heteroatoms. The number of pyridine rings is 1. The van der Waals surface area contributed by atoms with Crippen molar-refractivity contribution < 1.29 is 0 Å². The first-order chi connectivity index (χ1) is 8.24. The molecule has 0 aromatic carbocycles. The van der Waals surface area contributed by atoms with E-state index in [1.807, 2.05) is 23.0 Å². The van der Waals surface area contributed by atoms with E-state index >= 15 is 0 Å². The first-order valence-electron chi connectivity index (χ1n) is 5.56. The highest BCUT2D eigenvalue weighted by Crippen LogP contribution is 2.38. The second-order valence-corrected chi connectivity index (χ2v) is 4.66. The summed E-state index contributed by atoms with van der Waals surface area (Å²) >= 11 is 4.91. The van der Waals surface area contributed by atoms with E-state index in [1.54, 1.807) is 6.20 Å². The van der Waals surface area contributed by atoms with Crippen molar-refractivity contribution in [2.75, 3.05) is 0 Å². The molecule has 0 bridgehead atoms. The lowest BCUT2D eigenvalue weighted by molar-refractivity contribution is 0.835. The topological polar surface area (TPSA) is 56.7 Å². The summed E-state index contributed by atoms with van der Waals surface area (Å²) in [5, 5.41) is 4.55. The second kappa shape index (κ2) is 3.92. The number of aromatic nitrogens is 3. The highest BCUT2D eigenvalue weighted by Gasteiger charge is 2.25. The maximum Gasteiger partial charge on any atom is 0.122 e. The highest BCUT2D eigenvalue weighted by molar-refractivity contribution is 7.80. The monoisotopic (exact) mass is 244 g/mol. The zero-order chi connectivity index (χ0) is 11.8. The molecule has 0 atom stereocenters. The van der Waals surface area contributed by atoms with Gasteiger partial charge in [0.05, 0.1) is 17.1 Å². The van der Waals surface area contributed by atoms with Gasteiger partial charge in [0.15, 0.2) is 0 Å². The lowest BCUT2D eigenvalue weighted by Gasteiger charge is -2.03. The Morgan fingerprint density at radius 2 is 2.24 bits per heavy atom. The molecule has 1 aliphatic rings. The van der Waals surface area contributed by atoms with E-state index in [0.717, 1.165) is 5.69 Å². The zero-order valence-corrected chi connectivity index (χ0v) is 10.0. The number of hydrogen-bond donors (Lipinski definition) is 1. The van der Waals surface area contributed by atoms with Crippen molar-refractivity contribution >= 4 is 17.2 Å². The van der Waals surface area contributed by atoms with E-state index in [2.05, 4.69) is 16.1 Å². The van der Waals surface area contributed by atoms with Crippen LogP contribution >= 0.6 is 12.2 Å². The Morgan fingerprint density at radius 1 is 1.41 bits per heavy atom. The first-order valence-corrected chi connectivity index (χ1v) is 5.96. The van der Waals surface area contributed by atoms with Gasteiger partial charge in [0, 0.05) is 18.3 Å². The number of rotatable bonds is 3. The van der Waals surface area contributed by atoms with Crippen LogP contribution in [-0.2, 0) is 0 Å². The van der Waals surface area contributed by atoms with Crippen molar-refractivity contribution in [1.29, 1.82) is 0 Å². The molecular weight excluding hydrogens is 232 g/mol. The van der Waals surface area contributed by atoms with Gasteiger partial charge in [-0.25, -0.2) is 4.68 Å². The molecule has 0 amide bonds. The van der Waals surface area contributed by atoms with Crippen molar-refractivity contribution in [3.05, 3.63) is 42.0 Å². The van der Waals surface area contributed by atoms with Crippen LogP contribution < -0.4 is 5.73 Å². The van der Waals surface area contributed by atoms with Gasteiger partial charge in [-0.05, 0) is 31.0 Å². The van der Waals surface area contributed by atoms with Crippen molar-refractivity contribution in [2.45, 2.75) is 18.8 Å². The third-order valence-electron chi connectivity index (χ3n) is 2.87. The van der Waals surface area contributed by atoms with Crippen LogP contribution in [-0.4, -0.2) is 19.8 Å². The van der Waals surface area contributed by atoms with E-state index in [1.165, 1.54) is 18.5 Å². The number of thiocarbonyl (C=S) groups is 1. The molecule has 1 saturated carbocycles. The second-order valence-electron chi connectivity index (χ2n) is 4.22. The molecule has 0 saturated heterocycles. The molecule has 17 heavy (non-hydrogen) atoms. The Balaban J connectivity index is 1.96. The molecule has 0 aliphatic heterocycles. The molecule has 2 aromatic heterocycles. The minimum Gasteiger partial charge on any atom is -0.388 e. The van der Waals surface area contributed by atoms with Gasteiger partial charge in [-0.3, -0.25) is 4.98 Å². The Bertz CT molecular complexity index is 571. The van der Waals surface area contributed by atoms with Crippen LogP contribution in [0.5, 0.6) is 0 Å². The third-order valence-corrected chi connectivity index (χ3v) is 3.07. The summed E-state index contributed by atoms with van der Waals surface area (Å²) in [6.45, 7) is 0. The molecule has 2 heterocycles. The number of hydrogen-bond acceptors (Lipinski definition) is 3. The SMILES string of the molecule is NC(=S)c1cc(-n2ccc(C3CC3)n2)ccn1. The molecule has 2 aromatic rings. The molecular formula is C12H12N4S. The molecule has 1 aliphatic carbocycles. The maximum atomic E-state index is 5.56. The summed E-state index contributed by atoms with van der Waals surface area (Å²) in [5.74, 6) is 0.660. The minimum atomic E-state index is 0.307. The van der Waals surface area contributed by atoms with Gasteiger partial charge in [0.25, 0.3) is 0 Å². The van der Waals surface area contributed by atoms with Crippen molar-refractivity contribution in [3.8, 4) is 5.69 Å². The van der Waals surface area contributed by atoms with Gasteiger partial charge in [-0.15, -0.1) is 0 Å². The highest BCUT2D eigenvalue weighted by atomic mass is 32.1. The zero-order valence-electron chi connectivity index (χ0n) is 9.21. The molecule has 3 rings (SSSR count). The van der Waals surface area contributed by atoms with Gasteiger partial charge in [-0.1, -0.05) is 12.2 Å². The average molecular weight is 244 g/mol. The van der Waals surface area contributed by atoms with E-state index in [0.29, 0.717) is 16.6 Å². The van der Waals surface area contributed by atoms with E-state index in [-0.39, 0.29) is 0 Å².